The van der Waals surface area contributed by atoms with Gasteiger partial charge in [-0.15, -0.1) is 0 Å². The Morgan fingerprint density at radius 3 is 2.48 bits per heavy atom. The summed E-state index contributed by atoms with van der Waals surface area (Å²) in [5, 5.41) is 0. The highest BCUT2D eigenvalue weighted by atomic mass is 16.7. The highest BCUT2D eigenvalue weighted by Crippen LogP contribution is 2.54. The zero-order valence-corrected chi connectivity index (χ0v) is 12.4. The van der Waals surface area contributed by atoms with Gasteiger partial charge in [0.1, 0.15) is 6.10 Å². The number of allylic oxidation sites excluding steroid dienone is 2. The minimum Gasteiger partial charge on any atom is -0.494 e. The number of Topliss-reactive ketones (excluding diaryl/α,β-unsaturated/α-hetero) is 1. The normalized spacial score (nSPS) is 35.7. The SMILES string of the molecule is COC(=O)C1=C[C@H]2C(=O)C(OC)(OC)[C@@H]1[C@H]1OC(C)=C[C@H]12. The van der Waals surface area contributed by atoms with Crippen LogP contribution in [0.4, 0.5) is 0 Å². The molecule has 2 bridgehead atoms. The average Bonchev–Trinajstić information content (AvgIpc) is 2.89. The van der Waals surface area contributed by atoms with Gasteiger partial charge in [0.25, 0.3) is 0 Å². The highest BCUT2D eigenvalue weighted by molar-refractivity contribution is 6.00. The van der Waals surface area contributed by atoms with E-state index in [1.165, 1.54) is 21.3 Å². The van der Waals surface area contributed by atoms with Gasteiger partial charge in [0.2, 0.25) is 5.79 Å². The van der Waals surface area contributed by atoms with Crippen LogP contribution in [-0.4, -0.2) is 45.0 Å². The predicted molar refractivity (Wildman–Crippen MR) is 71.0 cm³/mol. The summed E-state index contributed by atoms with van der Waals surface area (Å²) in [6.45, 7) is 1.83. The van der Waals surface area contributed by atoms with E-state index >= 15 is 0 Å². The molecule has 0 spiro atoms. The number of rotatable bonds is 3. The van der Waals surface area contributed by atoms with E-state index in [1.54, 1.807) is 6.08 Å². The summed E-state index contributed by atoms with van der Waals surface area (Å²) in [6, 6.07) is 0. The van der Waals surface area contributed by atoms with E-state index in [1.807, 2.05) is 13.0 Å². The number of esters is 1. The van der Waals surface area contributed by atoms with Gasteiger partial charge >= 0.3 is 5.97 Å². The Labute approximate surface area is 122 Å². The smallest absolute Gasteiger partial charge is 0.334 e. The van der Waals surface area contributed by atoms with E-state index in [9.17, 15) is 9.59 Å². The molecule has 4 rings (SSSR count). The molecule has 6 heteroatoms. The van der Waals surface area contributed by atoms with Crippen LogP contribution in [-0.2, 0) is 28.5 Å². The van der Waals surface area contributed by atoms with Gasteiger partial charge in [0.05, 0.1) is 24.7 Å². The van der Waals surface area contributed by atoms with Gasteiger partial charge < -0.3 is 18.9 Å². The minimum atomic E-state index is -1.50. The maximum absolute atomic E-state index is 12.7. The monoisotopic (exact) mass is 294 g/mol. The predicted octanol–water partition coefficient (Wildman–Crippen LogP) is 0.822. The lowest BCUT2D eigenvalue weighted by Gasteiger charge is -2.51. The molecule has 4 atom stereocenters. The Kier molecular flexibility index (Phi) is 3.18. The third-order valence-corrected chi connectivity index (χ3v) is 4.65. The van der Waals surface area contributed by atoms with Crippen molar-refractivity contribution in [3.8, 4) is 0 Å². The molecule has 6 nitrogen and oxygen atoms in total. The van der Waals surface area contributed by atoms with Crippen molar-refractivity contribution in [2.24, 2.45) is 17.8 Å². The van der Waals surface area contributed by atoms with Crippen LogP contribution in [0.2, 0.25) is 0 Å². The quantitative estimate of drug-likeness (QED) is 0.567. The number of fused-ring (bicyclic) bond motifs is 1. The standard InChI is InChI=1S/C15H18O6/c1-7-5-8-9-6-10(14(17)18-2)11(12(8)21-7)15(19-3,20-4)13(9)16/h5-6,8-9,11-12H,1-4H3/t8-,9+,11-,12-/m0/s1. The third-order valence-electron chi connectivity index (χ3n) is 4.65. The summed E-state index contributed by atoms with van der Waals surface area (Å²) >= 11 is 0. The summed E-state index contributed by atoms with van der Waals surface area (Å²) in [5.41, 5.74) is 0.384. The largest absolute Gasteiger partial charge is 0.494 e. The molecule has 0 aromatic heterocycles. The Bertz CT molecular complexity index is 557. The first-order chi connectivity index (χ1) is 10.00. The maximum atomic E-state index is 12.7. The van der Waals surface area contributed by atoms with Crippen molar-refractivity contribution in [3.63, 3.8) is 0 Å². The first-order valence-electron chi connectivity index (χ1n) is 6.80. The van der Waals surface area contributed by atoms with Crippen LogP contribution in [0.3, 0.4) is 0 Å². The van der Waals surface area contributed by atoms with Gasteiger partial charge in [-0.25, -0.2) is 4.79 Å². The van der Waals surface area contributed by atoms with Crippen LogP contribution in [0.5, 0.6) is 0 Å². The van der Waals surface area contributed by atoms with Crippen molar-refractivity contribution in [2.75, 3.05) is 21.3 Å². The molecule has 0 amide bonds. The number of methoxy groups -OCH3 is 3. The number of hydrogen-bond acceptors (Lipinski definition) is 6. The van der Waals surface area contributed by atoms with Gasteiger partial charge in [-0.3, -0.25) is 4.79 Å². The fourth-order valence-corrected chi connectivity index (χ4v) is 3.79. The molecule has 1 fully saturated rings. The second-order valence-corrected chi connectivity index (χ2v) is 5.49. The van der Waals surface area contributed by atoms with E-state index in [4.69, 9.17) is 18.9 Å². The fraction of sp³-hybridized carbons (Fsp3) is 0.600. The molecule has 21 heavy (non-hydrogen) atoms. The van der Waals surface area contributed by atoms with E-state index in [2.05, 4.69) is 0 Å². The summed E-state index contributed by atoms with van der Waals surface area (Å²) in [5.74, 6) is -2.65. The molecule has 0 N–H and O–H groups in total. The molecule has 0 radical (unpaired) electrons. The van der Waals surface area contributed by atoms with Gasteiger partial charge in [0, 0.05) is 25.7 Å². The number of carbonyl (C=O) groups excluding carboxylic acids is 2. The van der Waals surface area contributed by atoms with Crippen molar-refractivity contribution >= 4 is 11.8 Å². The Balaban J connectivity index is 2.15. The molecule has 4 aliphatic rings. The van der Waals surface area contributed by atoms with Crippen LogP contribution < -0.4 is 0 Å². The Morgan fingerprint density at radius 1 is 1.24 bits per heavy atom. The van der Waals surface area contributed by atoms with Crippen molar-refractivity contribution in [1.82, 2.24) is 0 Å². The molecule has 1 saturated carbocycles. The number of carbonyl (C=O) groups is 2. The van der Waals surface area contributed by atoms with Crippen LogP contribution in [0, 0.1) is 17.8 Å². The first-order valence-corrected chi connectivity index (χ1v) is 6.80. The fourth-order valence-electron chi connectivity index (χ4n) is 3.79. The average molecular weight is 294 g/mol. The number of ether oxygens (including phenoxy) is 4. The second kappa shape index (κ2) is 4.68. The van der Waals surface area contributed by atoms with Gasteiger partial charge in [-0.2, -0.15) is 0 Å². The molecule has 1 aliphatic heterocycles. The minimum absolute atomic E-state index is 0.0886. The van der Waals surface area contributed by atoms with Crippen molar-refractivity contribution in [1.29, 1.82) is 0 Å². The topological polar surface area (TPSA) is 71.1 Å². The van der Waals surface area contributed by atoms with Gasteiger partial charge in [-0.05, 0) is 13.0 Å². The molecular formula is C15H18O6. The van der Waals surface area contributed by atoms with Crippen LogP contribution in [0.15, 0.2) is 23.5 Å². The summed E-state index contributed by atoms with van der Waals surface area (Å²) < 4.78 is 21.5. The molecule has 0 unspecified atom stereocenters. The Hall–Kier alpha value is -1.66. The lowest BCUT2D eigenvalue weighted by Crippen LogP contribution is -2.66. The zero-order chi connectivity index (χ0) is 15.4. The lowest BCUT2D eigenvalue weighted by molar-refractivity contribution is -0.256. The van der Waals surface area contributed by atoms with E-state index in [-0.39, 0.29) is 17.8 Å². The first kappa shape index (κ1) is 14.3. The van der Waals surface area contributed by atoms with Crippen molar-refractivity contribution < 1.29 is 28.5 Å². The zero-order valence-electron chi connectivity index (χ0n) is 12.4. The van der Waals surface area contributed by atoms with E-state index in [0.29, 0.717) is 5.57 Å². The highest BCUT2D eigenvalue weighted by Gasteiger charge is 2.67. The van der Waals surface area contributed by atoms with Gasteiger partial charge in [-0.1, -0.05) is 6.08 Å². The molecule has 3 aliphatic carbocycles. The number of hydrogen-bond donors (Lipinski definition) is 0. The summed E-state index contributed by atoms with van der Waals surface area (Å²) in [7, 11) is 4.12. The van der Waals surface area contributed by atoms with Crippen LogP contribution in [0.25, 0.3) is 0 Å². The lowest BCUT2D eigenvalue weighted by atomic mass is 9.60. The molecular weight excluding hydrogens is 276 g/mol. The molecule has 0 saturated heterocycles. The summed E-state index contributed by atoms with van der Waals surface area (Å²) in [4.78, 5) is 24.8. The third kappa shape index (κ3) is 1.66. The summed E-state index contributed by atoms with van der Waals surface area (Å²) in [6.07, 6.45) is 3.25. The molecule has 0 aromatic carbocycles. The molecule has 114 valence electrons. The molecule has 1 heterocycles. The maximum Gasteiger partial charge on any atom is 0.334 e. The number of ketones is 1. The molecule has 0 aromatic rings. The Morgan fingerprint density at radius 2 is 1.90 bits per heavy atom. The van der Waals surface area contributed by atoms with E-state index in [0.717, 1.165) is 5.76 Å². The van der Waals surface area contributed by atoms with Gasteiger partial charge in [0.15, 0.2) is 5.78 Å². The van der Waals surface area contributed by atoms with Crippen molar-refractivity contribution in [2.45, 2.75) is 18.8 Å². The van der Waals surface area contributed by atoms with E-state index < -0.39 is 23.6 Å². The van der Waals surface area contributed by atoms with Crippen LogP contribution in [0.1, 0.15) is 6.92 Å². The van der Waals surface area contributed by atoms with Crippen LogP contribution >= 0.6 is 0 Å². The van der Waals surface area contributed by atoms with Crippen molar-refractivity contribution in [3.05, 3.63) is 23.5 Å². The second-order valence-electron chi connectivity index (χ2n) is 5.49.